The quantitative estimate of drug-likeness (QED) is 0.793. The third-order valence-electron chi connectivity index (χ3n) is 4.91. The van der Waals surface area contributed by atoms with Crippen LogP contribution < -0.4 is 4.90 Å². The average molecular weight is 333 g/mol. The van der Waals surface area contributed by atoms with E-state index in [9.17, 15) is 14.0 Å². The van der Waals surface area contributed by atoms with Gasteiger partial charge in [0.15, 0.2) is 0 Å². The fraction of sp³-hybridized carbons (Fsp3) is 0.556. The lowest BCUT2D eigenvalue weighted by Gasteiger charge is -2.44. The zero-order chi connectivity index (χ0) is 17.1. The topological polar surface area (TPSA) is 43.9 Å². The van der Waals surface area contributed by atoms with Crippen molar-refractivity contribution >= 4 is 17.5 Å². The van der Waals surface area contributed by atoms with Gasteiger partial charge in [-0.25, -0.2) is 4.39 Å². The highest BCUT2D eigenvalue weighted by Gasteiger charge is 2.35. The summed E-state index contributed by atoms with van der Waals surface area (Å²) in [5, 5.41) is 0. The summed E-state index contributed by atoms with van der Waals surface area (Å²) in [6.45, 7) is 5.20. The molecule has 2 amide bonds. The molecule has 0 saturated carbocycles. The molecule has 2 saturated heterocycles. The summed E-state index contributed by atoms with van der Waals surface area (Å²) in [5.41, 5.74) is 1.01. The molecule has 1 aromatic carbocycles. The van der Waals surface area contributed by atoms with Crippen LogP contribution in [0.3, 0.4) is 0 Å². The lowest BCUT2D eigenvalue weighted by Crippen LogP contribution is -2.59. The summed E-state index contributed by atoms with van der Waals surface area (Å²) < 4.78 is 13.1. The highest BCUT2D eigenvalue weighted by molar-refractivity contribution is 5.97. The molecule has 1 atom stereocenters. The normalized spacial score (nSPS) is 21.2. The van der Waals surface area contributed by atoms with E-state index in [0.717, 1.165) is 38.3 Å². The van der Waals surface area contributed by atoms with Crippen LogP contribution in [-0.2, 0) is 9.59 Å². The second kappa shape index (κ2) is 7.30. The largest absolute Gasteiger partial charge is 0.369 e. The average Bonchev–Trinajstić information content (AvgIpc) is 2.59. The van der Waals surface area contributed by atoms with E-state index in [1.165, 1.54) is 17.0 Å². The monoisotopic (exact) mass is 333 g/mol. The minimum Gasteiger partial charge on any atom is -0.369 e. The molecule has 1 aromatic rings. The summed E-state index contributed by atoms with van der Waals surface area (Å²) in [4.78, 5) is 30.3. The van der Waals surface area contributed by atoms with E-state index < -0.39 is 0 Å². The number of likely N-dealkylation sites (tertiary alicyclic amines) is 1. The fourth-order valence-electron chi connectivity index (χ4n) is 3.64. The van der Waals surface area contributed by atoms with Gasteiger partial charge in [-0.05, 0) is 37.1 Å². The molecule has 2 aliphatic rings. The van der Waals surface area contributed by atoms with Gasteiger partial charge in [0, 0.05) is 44.7 Å². The zero-order valence-corrected chi connectivity index (χ0v) is 14.1. The van der Waals surface area contributed by atoms with Gasteiger partial charge in [-0.1, -0.05) is 6.92 Å². The highest BCUT2D eigenvalue weighted by atomic mass is 19.1. The van der Waals surface area contributed by atoms with Crippen molar-refractivity contribution in [2.75, 3.05) is 31.1 Å². The van der Waals surface area contributed by atoms with E-state index in [-0.39, 0.29) is 23.8 Å². The molecule has 3 rings (SSSR count). The first-order valence-corrected chi connectivity index (χ1v) is 8.69. The number of carbonyl (C=O) groups is 2. The molecule has 2 heterocycles. The first-order valence-electron chi connectivity index (χ1n) is 8.69. The number of imide groups is 1. The summed E-state index contributed by atoms with van der Waals surface area (Å²) >= 11 is 0. The molecular formula is C18H24FN3O2. The molecule has 2 fully saturated rings. The molecule has 0 aliphatic carbocycles. The van der Waals surface area contributed by atoms with Gasteiger partial charge in [-0.15, -0.1) is 0 Å². The minimum absolute atomic E-state index is 0.0425. The van der Waals surface area contributed by atoms with Crippen LogP contribution in [0.2, 0.25) is 0 Å². The number of piperidine rings is 1. The molecule has 0 N–H and O–H groups in total. The van der Waals surface area contributed by atoms with E-state index in [4.69, 9.17) is 0 Å². The second-order valence-electron chi connectivity index (χ2n) is 6.40. The maximum atomic E-state index is 13.1. The van der Waals surface area contributed by atoms with Crippen molar-refractivity contribution in [2.24, 2.45) is 0 Å². The van der Waals surface area contributed by atoms with E-state index in [2.05, 4.69) is 9.80 Å². The van der Waals surface area contributed by atoms with Gasteiger partial charge in [0.2, 0.25) is 11.8 Å². The van der Waals surface area contributed by atoms with Crippen molar-refractivity contribution in [1.29, 1.82) is 0 Å². The molecule has 0 bridgehead atoms. The molecule has 6 heteroatoms. The van der Waals surface area contributed by atoms with Crippen LogP contribution >= 0.6 is 0 Å². The van der Waals surface area contributed by atoms with E-state index in [1.807, 2.05) is 6.92 Å². The Bertz CT molecular complexity index is 581. The third kappa shape index (κ3) is 3.43. The molecule has 0 spiro atoms. The minimum atomic E-state index is -0.231. The van der Waals surface area contributed by atoms with Gasteiger partial charge < -0.3 is 4.90 Å². The summed E-state index contributed by atoms with van der Waals surface area (Å²) in [7, 11) is 0. The number of nitrogens with zero attached hydrogens (tertiary/aromatic N) is 3. The molecule has 1 unspecified atom stereocenters. The van der Waals surface area contributed by atoms with Crippen molar-refractivity contribution in [3.8, 4) is 0 Å². The third-order valence-corrected chi connectivity index (χ3v) is 4.91. The molecule has 5 nitrogen and oxygen atoms in total. The van der Waals surface area contributed by atoms with Gasteiger partial charge in [-0.2, -0.15) is 0 Å². The first-order chi connectivity index (χ1) is 11.6. The summed E-state index contributed by atoms with van der Waals surface area (Å²) in [5.74, 6) is -0.316. The Hall–Kier alpha value is -1.95. The van der Waals surface area contributed by atoms with Gasteiger partial charge >= 0.3 is 0 Å². The van der Waals surface area contributed by atoms with E-state index >= 15 is 0 Å². The van der Waals surface area contributed by atoms with Crippen molar-refractivity contribution in [3.63, 3.8) is 0 Å². The fourth-order valence-corrected chi connectivity index (χ4v) is 3.64. The Labute approximate surface area is 142 Å². The Kier molecular flexibility index (Phi) is 5.14. The predicted octanol–water partition coefficient (Wildman–Crippen LogP) is 2.22. The molecule has 24 heavy (non-hydrogen) atoms. The lowest BCUT2D eigenvalue weighted by molar-refractivity contribution is -0.156. The SMILES string of the molecule is CCC(N1CCN(c2ccc(F)cc2)CC1)N1C(=O)CCCC1=O. The molecular weight excluding hydrogens is 309 g/mol. The maximum Gasteiger partial charge on any atom is 0.230 e. The molecule has 2 aliphatic heterocycles. The Morgan fingerprint density at radius 3 is 2.12 bits per heavy atom. The molecule has 0 radical (unpaired) electrons. The predicted molar refractivity (Wildman–Crippen MR) is 90.0 cm³/mol. The van der Waals surface area contributed by atoms with Gasteiger partial charge in [-0.3, -0.25) is 19.4 Å². The smallest absolute Gasteiger partial charge is 0.230 e. The number of hydrogen-bond donors (Lipinski definition) is 0. The maximum absolute atomic E-state index is 13.1. The first kappa shape index (κ1) is 16.9. The van der Waals surface area contributed by atoms with Gasteiger partial charge in [0.05, 0.1) is 6.17 Å². The number of rotatable bonds is 4. The summed E-state index contributed by atoms with van der Waals surface area (Å²) in [6.07, 6.45) is 2.22. The Balaban J connectivity index is 1.65. The molecule has 130 valence electrons. The van der Waals surface area contributed by atoms with Gasteiger partial charge in [0.1, 0.15) is 5.82 Å². The van der Waals surface area contributed by atoms with Crippen LogP contribution in [0.5, 0.6) is 0 Å². The molecule has 0 aromatic heterocycles. The van der Waals surface area contributed by atoms with Crippen LogP contribution in [0.1, 0.15) is 32.6 Å². The zero-order valence-electron chi connectivity index (χ0n) is 14.1. The Morgan fingerprint density at radius 1 is 1.00 bits per heavy atom. The number of halogens is 1. The standard InChI is InChI=1S/C18H24FN3O2/c1-2-16(22-17(23)4-3-5-18(22)24)21-12-10-20(11-13-21)15-8-6-14(19)7-9-15/h6-9,16H,2-5,10-13H2,1H3. The van der Waals surface area contributed by atoms with E-state index in [0.29, 0.717) is 19.3 Å². The number of carbonyl (C=O) groups excluding carboxylic acids is 2. The number of hydrogen-bond acceptors (Lipinski definition) is 4. The van der Waals surface area contributed by atoms with Crippen molar-refractivity contribution in [3.05, 3.63) is 30.1 Å². The van der Waals surface area contributed by atoms with E-state index in [1.54, 1.807) is 12.1 Å². The van der Waals surface area contributed by atoms with Crippen molar-refractivity contribution in [2.45, 2.75) is 38.8 Å². The second-order valence-corrected chi connectivity index (χ2v) is 6.40. The lowest BCUT2D eigenvalue weighted by atomic mass is 10.1. The van der Waals surface area contributed by atoms with Crippen LogP contribution in [0.15, 0.2) is 24.3 Å². The van der Waals surface area contributed by atoms with Crippen LogP contribution in [0.25, 0.3) is 0 Å². The number of piperazine rings is 1. The van der Waals surface area contributed by atoms with Crippen LogP contribution in [-0.4, -0.2) is 54.0 Å². The van der Waals surface area contributed by atoms with Crippen molar-refractivity contribution < 1.29 is 14.0 Å². The Morgan fingerprint density at radius 2 is 1.58 bits per heavy atom. The number of anilines is 1. The summed E-state index contributed by atoms with van der Waals surface area (Å²) in [6, 6.07) is 6.53. The number of amides is 2. The van der Waals surface area contributed by atoms with Crippen LogP contribution in [0, 0.1) is 5.82 Å². The van der Waals surface area contributed by atoms with Crippen LogP contribution in [0.4, 0.5) is 10.1 Å². The van der Waals surface area contributed by atoms with Gasteiger partial charge in [0.25, 0.3) is 0 Å². The highest BCUT2D eigenvalue weighted by Crippen LogP contribution is 2.23. The van der Waals surface area contributed by atoms with Crippen molar-refractivity contribution in [1.82, 2.24) is 9.80 Å². The number of benzene rings is 1.